The molecular weight excluding hydrogens is 451 g/mol. The van der Waals surface area contributed by atoms with Gasteiger partial charge in [-0.15, -0.1) is 0 Å². The van der Waals surface area contributed by atoms with Gasteiger partial charge in [0.05, 0.1) is 6.54 Å². The number of anilines is 2. The molecule has 1 aromatic heterocycles. The minimum absolute atomic E-state index is 0.0979. The first kappa shape index (κ1) is 23.2. The molecule has 0 saturated heterocycles. The maximum Gasteiger partial charge on any atom is 0.313 e. The van der Waals surface area contributed by atoms with E-state index in [1.54, 1.807) is 24.3 Å². The van der Waals surface area contributed by atoms with Gasteiger partial charge in [-0.2, -0.15) is 5.26 Å². The van der Waals surface area contributed by atoms with Gasteiger partial charge in [-0.25, -0.2) is 4.39 Å². The summed E-state index contributed by atoms with van der Waals surface area (Å²) in [6.07, 6.45) is 1.22. The summed E-state index contributed by atoms with van der Waals surface area (Å²) in [7, 11) is 0. The van der Waals surface area contributed by atoms with Crippen molar-refractivity contribution in [2.45, 2.75) is 6.54 Å². The lowest BCUT2D eigenvalue weighted by Crippen LogP contribution is -2.34. The Bertz CT molecular complexity index is 1260. The van der Waals surface area contributed by atoms with Crippen LogP contribution in [0.15, 0.2) is 70.7 Å². The predicted octanol–water partition coefficient (Wildman–Crippen LogP) is 3.87. The minimum Gasteiger partial charge on any atom is -0.460 e. The fourth-order valence-electron chi connectivity index (χ4n) is 2.59. The third-order valence-corrected chi connectivity index (χ3v) is 4.38. The van der Waals surface area contributed by atoms with Crippen LogP contribution in [0.2, 0.25) is 5.02 Å². The molecule has 166 valence electrons. The summed E-state index contributed by atoms with van der Waals surface area (Å²) in [6.45, 7) is -0.0979. The number of nitrogens with one attached hydrogen (secondary N) is 3. The van der Waals surface area contributed by atoms with Crippen molar-refractivity contribution in [2.75, 3.05) is 10.6 Å². The Morgan fingerprint density at radius 2 is 1.70 bits per heavy atom. The van der Waals surface area contributed by atoms with E-state index >= 15 is 0 Å². The van der Waals surface area contributed by atoms with Crippen molar-refractivity contribution in [3.63, 3.8) is 0 Å². The maximum absolute atomic E-state index is 13.0. The molecule has 0 aliphatic rings. The van der Waals surface area contributed by atoms with Gasteiger partial charge in [0.2, 0.25) is 0 Å². The molecule has 0 aliphatic carbocycles. The largest absolute Gasteiger partial charge is 0.460 e. The van der Waals surface area contributed by atoms with Gasteiger partial charge in [-0.1, -0.05) is 17.7 Å². The SMILES string of the molecule is N#C/C(=C/c1ccc(CNC(=O)C(=O)Nc2cccc(Cl)c2)o1)C(=O)Nc1ccc(F)cc1. The molecule has 0 spiro atoms. The van der Waals surface area contributed by atoms with Gasteiger partial charge in [0.1, 0.15) is 29.0 Å². The van der Waals surface area contributed by atoms with Gasteiger partial charge in [-0.3, -0.25) is 14.4 Å². The van der Waals surface area contributed by atoms with Crippen molar-refractivity contribution >= 4 is 46.8 Å². The van der Waals surface area contributed by atoms with Crippen molar-refractivity contribution in [1.82, 2.24) is 5.32 Å². The number of nitrogens with zero attached hydrogens (tertiary/aromatic N) is 1. The van der Waals surface area contributed by atoms with E-state index in [1.807, 2.05) is 0 Å². The number of carbonyl (C=O) groups excluding carboxylic acids is 3. The molecule has 0 radical (unpaired) electrons. The molecule has 3 amide bonds. The van der Waals surface area contributed by atoms with Gasteiger partial charge < -0.3 is 20.4 Å². The molecule has 0 atom stereocenters. The van der Waals surface area contributed by atoms with E-state index in [0.29, 0.717) is 22.2 Å². The third-order valence-electron chi connectivity index (χ3n) is 4.15. The summed E-state index contributed by atoms with van der Waals surface area (Å²) in [4.78, 5) is 36.2. The summed E-state index contributed by atoms with van der Waals surface area (Å²) in [6, 6.07) is 16.2. The van der Waals surface area contributed by atoms with Gasteiger partial charge in [0.25, 0.3) is 5.91 Å². The van der Waals surface area contributed by atoms with Gasteiger partial charge in [0, 0.05) is 22.5 Å². The van der Waals surface area contributed by atoms with Crippen LogP contribution in [0.25, 0.3) is 6.08 Å². The zero-order chi connectivity index (χ0) is 23.8. The van der Waals surface area contributed by atoms with Gasteiger partial charge >= 0.3 is 11.8 Å². The topological polar surface area (TPSA) is 124 Å². The molecule has 0 saturated carbocycles. The fourth-order valence-corrected chi connectivity index (χ4v) is 2.78. The van der Waals surface area contributed by atoms with Crippen LogP contribution in [-0.4, -0.2) is 17.7 Å². The highest BCUT2D eigenvalue weighted by molar-refractivity contribution is 6.39. The molecular formula is C23H16ClFN4O4. The standard InChI is InChI=1S/C23H16ClFN4O4/c24-15-2-1-3-18(11-15)29-23(32)22(31)27-13-20-9-8-19(33-20)10-14(12-26)21(30)28-17-6-4-16(25)5-7-17/h1-11H,13H2,(H,27,31)(H,28,30)(H,29,32)/b14-10-. The number of hydrogen-bond donors (Lipinski definition) is 3. The normalized spacial score (nSPS) is 10.8. The number of furan rings is 1. The quantitative estimate of drug-likeness (QED) is 0.289. The molecule has 0 bridgehead atoms. The second-order valence-electron chi connectivity index (χ2n) is 6.58. The lowest BCUT2D eigenvalue weighted by molar-refractivity contribution is -0.136. The van der Waals surface area contributed by atoms with E-state index in [0.717, 1.165) is 0 Å². The van der Waals surface area contributed by atoms with E-state index < -0.39 is 23.5 Å². The highest BCUT2D eigenvalue weighted by Gasteiger charge is 2.15. The van der Waals surface area contributed by atoms with Crippen molar-refractivity contribution in [2.24, 2.45) is 0 Å². The van der Waals surface area contributed by atoms with Gasteiger partial charge in [-0.05, 0) is 54.6 Å². The molecule has 0 aliphatic heterocycles. The van der Waals surface area contributed by atoms with Crippen LogP contribution in [-0.2, 0) is 20.9 Å². The van der Waals surface area contributed by atoms with Crippen LogP contribution < -0.4 is 16.0 Å². The molecule has 8 nitrogen and oxygen atoms in total. The van der Waals surface area contributed by atoms with E-state index in [1.165, 1.54) is 48.5 Å². The van der Waals surface area contributed by atoms with Crippen molar-refractivity contribution in [3.05, 3.63) is 88.6 Å². The number of hydrogen-bond acceptors (Lipinski definition) is 5. The monoisotopic (exact) mass is 466 g/mol. The van der Waals surface area contributed by atoms with Crippen LogP contribution in [0.1, 0.15) is 11.5 Å². The highest BCUT2D eigenvalue weighted by atomic mass is 35.5. The first-order valence-corrected chi connectivity index (χ1v) is 9.84. The van der Waals surface area contributed by atoms with E-state index in [-0.39, 0.29) is 17.9 Å². The Kier molecular flexibility index (Phi) is 7.57. The van der Waals surface area contributed by atoms with Crippen LogP contribution >= 0.6 is 11.6 Å². The van der Waals surface area contributed by atoms with Crippen molar-refractivity contribution in [3.8, 4) is 6.07 Å². The van der Waals surface area contributed by atoms with Crippen LogP contribution in [0.4, 0.5) is 15.8 Å². The van der Waals surface area contributed by atoms with Crippen LogP contribution in [0.3, 0.4) is 0 Å². The minimum atomic E-state index is -0.889. The second kappa shape index (κ2) is 10.7. The number of carbonyl (C=O) groups is 3. The number of rotatable bonds is 6. The van der Waals surface area contributed by atoms with Crippen molar-refractivity contribution in [1.29, 1.82) is 5.26 Å². The second-order valence-corrected chi connectivity index (χ2v) is 7.02. The van der Waals surface area contributed by atoms with E-state index in [2.05, 4.69) is 16.0 Å². The first-order chi connectivity index (χ1) is 15.8. The van der Waals surface area contributed by atoms with Crippen LogP contribution in [0.5, 0.6) is 0 Å². The number of amides is 3. The van der Waals surface area contributed by atoms with Crippen molar-refractivity contribution < 1.29 is 23.2 Å². The highest BCUT2D eigenvalue weighted by Crippen LogP contribution is 2.16. The summed E-state index contributed by atoms with van der Waals surface area (Å²) < 4.78 is 18.4. The Balaban J connectivity index is 1.56. The number of halogens is 2. The lowest BCUT2D eigenvalue weighted by atomic mass is 10.2. The Morgan fingerprint density at radius 1 is 0.970 bits per heavy atom. The Labute approximate surface area is 192 Å². The zero-order valence-electron chi connectivity index (χ0n) is 16.9. The number of benzene rings is 2. The average molecular weight is 467 g/mol. The molecule has 3 aromatic rings. The maximum atomic E-state index is 13.0. The summed E-state index contributed by atoms with van der Waals surface area (Å²) in [5.41, 5.74) is 0.447. The predicted molar refractivity (Wildman–Crippen MR) is 119 cm³/mol. The fraction of sp³-hybridized carbons (Fsp3) is 0.0435. The average Bonchev–Trinajstić information content (AvgIpc) is 3.24. The Hall–Kier alpha value is -4.42. The molecule has 2 aromatic carbocycles. The molecule has 3 N–H and O–H groups in total. The van der Waals surface area contributed by atoms with E-state index in [9.17, 15) is 24.0 Å². The summed E-state index contributed by atoms with van der Waals surface area (Å²) >= 11 is 5.84. The molecule has 1 heterocycles. The molecule has 0 fully saturated rings. The van der Waals surface area contributed by atoms with E-state index in [4.69, 9.17) is 16.0 Å². The Morgan fingerprint density at radius 3 is 2.39 bits per heavy atom. The summed E-state index contributed by atoms with van der Waals surface area (Å²) in [5.74, 6) is -2.45. The van der Waals surface area contributed by atoms with Crippen LogP contribution in [0, 0.1) is 17.1 Å². The number of nitriles is 1. The molecule has 10 heteroatoms. The third kappa shape index (κ3) is 6.78. The molecule has 33 heavy (non-hydrogen) atoms. The van der Waals surface area contributed by atoms with Gasteiger partial charge in [0.15, 0.2) is 0 Å². The smallest absolute Gasteiger partial charge is 0.313 e. The summed E-state index contributed by atoms with van der Waals surface area (Å²) in [5, 5.41) is 17.0. The zero-order valence-corrected chi connectivity index (χ0v) is 17.7. The first-order valence-electron chi connectivity index (χ1n) is 9.46. The molecule has 0 unspecified atom stereocenters. The lowest BCUT2D eigenvalue weighted by Gasteiger charge is -2.05. The molecule has 3 rings (SSSR count).